The minimum Gasteiger partial charge on any atom is -0.491 e. The lowest BCUT2D eigenvalue weighted by Gasteiger charge is -2.16. The van der Waals surface area contributed by atoms with Gasteiger partial charge in [0.2, 0.25) is 5.91 Å². The fourth-order valence-corrected chi connectivity index (χ4v) is 1.85. The maximum atomic E-state index is 13.0. The standard InChI is InChI=1S/C14H17F3N2O3/c15-14(16,17)11-7-10(22-6-5-20)3-4-12(11)18-8-13(21)19-9-1-2-9/h3-4,7,9,18,20H,1-2,5-6,8H2,(H,19,21). The Morgan fingerprint density at radius 3 is 2.68 bits per heavy atom. The number of amides is 1. The fraction of sp³-hybridized carbons (Fsp3) is 0.500. The number of benzene rings is 1. The zero-order valence-corrected chi connectivity index (χ0v) is 11.7. The minimum atomic E-state index is -4.58. The largest absolute Gasteiger partial charge is 0.491 e. The summed E-state index contributed by atoms with van der Waals surface area (Å²) in [6.07, 6.45) is -2.75. The molecule has 1 saturated carbocycles. The maximum absolute atomic E-state index is 13.0. The SMILES string of the molecule is O=C(CNc1ccc(OCCO)cc1C(F)(F)F)NC1CC1. The maximum Gasteiger partial charge on any atom is 0.418 e. The second-order valence-electron chi connectivity index (χ2n) is 4.97. The average molecular weight is 318 g/mol. The molecule has 8 heteroatoms. The van der Waals surface area contributed by atoms with Gasteiger partial charge in [-0.15, -0.1) is 0 Å². The van der Waals surface area contributed by atoms with Gasteiger partial charge in [-0.1, -0.05) is 0 Å². The second-order valence-corrected chi connectivity index (χ2v) is 4.97. The normalized spacial score (nSPS) is 14.5. The number of alkyl halides is 3. The number of halogens is 3. The van der Waals surface area contributed by atoms with Crippen molar-refractivity contribution >= 4 is 11.6 Å². The summed E-state index contributed by atoms with van der Waals surface area (Å²) in [4.78, 5) is 11.5. The fourth-order valence-electron chi connectivity index (χ4n) is 1.85. The van der Waals surface area contributed by atoms with Gasteiger partial charge in [0.15, 0.2) is 0 Å². The molecule has 0 bridgehead atoms. The van der Waals surface area contributed by atoms with Gasteiger partial charge in [0.25, 0.3) is 0 Å². The van der Waals surface area contributed by atoms with Crippen LogP contribution in [0.15, 0.2) is 18.2 Å². The van der Waals surface area contributed by atoms with E-state index >= 15 is 0 Å². The van der Waals surface area contributed by atoms with Crippen molar-refractivity contribution in [2.75, 3.05) is 25.1 Å². The van der Waals surface area contributed by atoms with Crippen LogP contribution in [0.3, 0.4) is 0 Å². The highest BCUT2D eigenvalue weighted by Gasteiger charge is 2.34. The number of hydrogen-bond acceptors (Lipinski definition) is 4. The Morgan fingerprint density at radius 2 is 2.09 bits per heavy atom. The molecule has 1 aromatic carbocycles. The summed E-state index contributed by atoms with van der Waals surface area (Å²) in [6.45, 7) is -0.604. The van der Waals surface area contributed by atoms with Crippen LogP contribution in [0, 0.1) is 0 Å². The van der Waals surface area contributed by atoms with Crippen LogP contribution in [0.25, 0.3) is 0 Å². The van der Waals surface area contributed by atoms with E-state index in [1.54, 1.807) is 0 Å². The molecule has 2 rings (SSSR count). The van der Waals surface area contributed by atoms with Gasteiger partial charge < -0.3 is 20.5 Å². The van der Waals surface area contributed by atoms with Crippen molar-refractivity contribution in [3.8, 4) is 5.75 Å². The number of carbonyl (C=O) groups is 1. The van der Waals surface area contributed by atoms with E-state index in [1.165, 1.54) is 12.1 Å². The highest BCUT2D eigenvalue weighted by Crippen LogP contribution is 2.37. The summed E-state index contributed by atoms with van der Waals surface area (Å²) in [6, 6.07) is 3.56. The number of ether oxygens (including phenoxy) is 1. The summed E-state index contributed by atoms with van der Waals surface area (Å²) < 4.78 is 44.1. The third-order valence-corrected chi connectivity index (χ3v) is 3.04. The van der Waals surface area contributed by atoms with E-state index in [-0.39, 0.29) is 43.1 Å². The first kappa shape index (κ1) is 16.4. The number of carbonyl (C=O) groups excluding carboxylic acids is 1. The molecule has 0 spiro atoms. The Labute approximate surface area is 125 Å². The Kier molecular flexibility index (Phi) is 5.12. The quantitative estimate of drug-likeness (QED) is 0.716. The summed E-state index contributed by atoms with van der Waals surface area (Å²) in [5.41, 5.74) is -1.10. The predicted molar refractivity (Wildman–Crippen MR) is 73.7 cm³/mol. The second kappa shape index (κ2) is 6.87. The van der Waals surface area contributed by atoms with E-state index in [0.29, 0.717) is 0 Å². The number of nitrogens with one attached hydrogen (secondary N) is 2. The first-order chi connectivity index (χ1) is 10.4. The van der Waals surface area contributed by atoms with E-state index in [2.05, 4.69) is 10.6 Å². The Bertz CT molecular complexity index is 531. The van der Waals surface area contributed by atoms with Crippen LogP contribution in [-0.2, 0) is 11.0 Å². The summed E-state index contributed by atoms with van der Waals surface area (Å²) in [5, 5.41) is 13.8. The summed E-state index contributed by atoms with van der Waals surface area (Å²) >= 11 is 0. The molecule has 1 aliphatic rings. The van der Waals surface area contributed by atoms with E-state index in [1.807, 2.05) is 0 Å². The molecule has 0 heterocycles. The van der Waals surface area contributed by atoms with Gasteiger partial charge >= 0.3 is 6.18 Å². The predicted octanol–water partition coefficient (Wildman–Crippen LogP) is 1.77. The van der Waals surface area contributed by atoms with Crippen molar-refractivity contribution in [3.05, 3.63) is 23.8 Å². The monoisotopic (exact) mass is 318 g/mol. The molecule has 1 aliphatic carbocycles. The van der Waals surface area contributed by atoms with E-state index in [0.717, 1.165) is 18.9 Å². The van der Waals surface area contributed by atoms with Crippen LogP contribution >= 0.6 is 0 Å². The topological polar surface area (TPSA) is 70.6 Å². The molecule has 22 heavy (non-hydrogen) atoms. The molecule has 5 nitrogen and oxygen atoms in total. The van der Waals surface area contributed by atoms with E-state index < -0.39 is 11.7 Å². The molecule has 122 valence electrons. The van der Waals surface area contributed by atoms with Gasteiger partial charge in [-0.3, -0.25) is 4.79 Å². The van der Waals surface area contributed by atoms with Crippen molar-refractivity contribution in [1.82, 2.24) is 5.32 Å². The highest BCUT2D eigenvalue weighted by molar-refractivity contribution is 5.81. The Hall–Kier alpha value is -1.96. The molecular formula is C14H17F3N2O3. The molecule has 1 fully saturated rings. The van der Waals surface area contributed by atoms with Gasteiger partial charge in [0.1, 0.15) is 12.4 Å². The van der Waals surface area contributed by atoms with E-state index in [9.17, 15) is 18.0 Å². The number of hydrogen-bond donors (Lipinski definition) is 3. The number of anilines is 1. The highest BCUT2D eigenvalue weighted by atomic mass is 19.4. The van der Waals surface area contributed by atoms with Crippen LogP contribution in [0.1, 0.15) is 18.4 Å². The van der Waals surface area contributed by atoms with Gasteiger partial charge in [-0.2, -0.15) is 13.2 Å². The molecule has 0 unspecified atom stereocenters. The molecule has 0 atom stereocenters. The van der Waals surface area contributed by atoms with Gasteiger partial charge in [0.05, 0.1) is 18.7 Å². The van der Waals surface area contributed by atoms with Crippen molar-refractivity contribution in [3.63, 3.8) is 0 Å². The number of aliphatic hydroxyl groups is 1. The first-order valence-corrected chi connectivity index (χ1v) is 6.88. The first-order valence-electron chi connectivity index (χ1n) is 6.88. The van der Waals surface area contributed by atoms with Crippen LogP contribution in [0.4, 0.5) is 18.9 Å². The van der Waals surface area contributed by atoms with Crippen LogP contribution < -0.4 is 15.4 Å². The molecule has 3 N–H and O–H groups in total. The third-order valence-electron chi connectivity index (χ3n) is 3.04. The van der Waals surface area contributed by atoms with Crippen molar-refractivity contribution in [2.45, 2.75) is 25.1 Å². The number of aliphatic hydroxyl groups excluding tert-OH is 1. The zero-order chi connectivity index (χ0) is 16.2. The zero-order valence-electron chi connectivity index (χ0n) is 11.7. The lowest BCUT2D eigenvalue weighted by atomic mass is 10.1. The molecule has 0 saturated heterocycles. The summed E-state index contributed by atoms with van der Waals surface area (Å²) in [5.74, 6) is -0.328. The molecule has 1 aromatic rings. The van der Waals surface area contributed by atoms with Gasteiger partial charge in [0, 0.05) is 11.7 Å². The summed E-state index contributed by atoms with van der Waals surface area (Å²) in [7, 11) is 0. The van der Waals surface area contributed by atoms with Crippen molar-refractivity contribution < 1.29 is 27.8 Å². The smallest absolute Gasteiger partial charge is 0.418 e. The Morgan fingerprint density at radius 1 is 1.36 bits per heavy atom. The van der Waals surface area contributed by atoms with Crippen molar-refractivity contribution in [2.24, 2.45) is 0 Å². The average Bonchev–Trinajstić information content (AvgIpc) is 3.26. The van der Waals surface area contributed by atoms with Crippen molar-refractivity contribution in [1.29, 1.82) is 0 Å². The van der Waals surface area contributed by atoms with Gasteiger partial charge in [-0.25, -0.2) is 0 Å². The molecule has 0 aliphatic heterocycles. The van der Waals surface area contributed by atoms with E-state index in [4.69, 9.17) is 9.84 Å². The minimum absolute atomic E-state index is 0.00866. The molecule has 1 amide bonds. The molecular weight excluding hydrogens is 301 g/mol. The van der Waals surface area contributed by atoms with Crippen LogP contribution in [0.5, 0.6) is 5.75 Å². The van der Waals surface area contributed by atoms with Crippen LogP contribution in [-0.4, -0.2) is 36.8 Å². The molecule has 0 aromatic heterocycles. The lowest BCUT2D eigenvalue weighted by Crippen LogP contribution is -2.31. The Balaban J connectivity index is 2.05. The van der Waals surface area contributed by atoms with Gasteiger partial charge in [-0.05, 0) is 31.0 Å². The van der Waals surface area contributed by atoms with Crippen LogP contribution in [0.2, 0.25) is 0 Å². The molecule has 0 radical (unpaired) electrons. The number of rotatable bonds is 7. The third kappa shape index (κ3) is 4.80. The lowest BCUT2D eigenvalue weighted by molar-refractivity contribution is -0.137.